The molecule has 1 aromatic carbocycles. The van der Waals surface area contributed by atoms with Crippen molar-refractivity contribution < 1.29 is 23.9 Å². The van der Waals surface area contributed by atoms with Crippen LogP contribution in [-0.2, 0) is 16.0 Å². The molecule has 1 fully saturated rings. The van der Waals surface area contributed by atoms with E-state index in [0.29, 0.717) is 48.9 Å². The number of Topliss-reactive ketones (excluding diaryl/α,β-unsaturated/α-hetero) is 2. The highest BCUT2D eigenvalue weighted by molar-refractivity contribution is 7.14. The van der Waals surface area contributed by atoms with Gasteiger partial charge in [-0.05, 0) is 43.3 Å². The van der Waals surface area contributed by atoms with Gasteiger partial charge in [-0.15, -0.1) is 11.3 Å². The molecule has 0 bridgehead atoms. The summed E-state index contributed by atoms with van der Waals surface area (Å²) in [6.45, 7) is 3.79. The van der Waals surface area contributed by atoms with Gasteiger partial charge in [-0.2, -0.15) is 0 Å². The number of ether oxygens (including phenoxy) is 2. The second-order valence-corrected chi connectivity index (χ2v) is 7.40. The predicted molar refractivity (Wildman–Crippen MR) is 102 cm³/mol. The molecule has 1 aliphatic heterocycles. The summed E-state index contributed by atoms with van der Waals surface area (Å²) in [5, 5.41) is 0. The Bertz CT molecular complexity index is 821. The molecule has 0 atom stereocenters. The van der Waals surface area contributed by atoms with E-state index in [9.17, 15) is 14.4 Å². The van der Waals surface area contributed by atoms with Crippen molar-refractivity contribution in [2.24, 2.45) is 0 Å². The molecule has 3 rings (SSSR count). The highest BCUT2D eigenvalue weighted by atomic mass is 32.1. The van der Waals surface area contributed by atoms with Crippen LogP contribution in [0.5, 0.6) is 5.75 Å². The molecular formula is C20H21NO5S. The Morgan fingerprint density at radius 1 is 1.07 bits per heavy atom. The third kappa shape index (κ3) is 5.24. The summed E-state index contributed by atoms with van der Waals surface area (Å²) < 4.78 is 10.7. The van der Waals surface area contributed by atoms with Crippen molar-refractivity contribution >= 4 is 28.8 Å². The molecule has 0 saturated carbocycles. The first-order valence-electron chi connectivity index (χ1n) is 8.74. The molecule has 0 radical (unpaired) electrons. The Balaban J connectivity index is 1.51. The lowest BCUT2D eigenvalue weighted by molar-refractivity contribution is -0.134. The van der Waals surface area contributed by atoms with Crippen LogP contribution in [0.25, 0.3) is 0 Å². The molecule has 7 heteroatoms. The topological polar surface area (TPSA) is 72.9 Å². The van der Waals surface area contributed by atoms with Crippen molar-refractivity contribution in [2.45, 2.75) is 13.3 Å². The molecule has 142 valence electrons. The normalized spacial score (nSPS) is 14.0. The molecule has 0 unspecified atom stereocenters. The fourth-order valence-corrected chi connectivity index (χ4v) is 3.63. The Morgan fingerprint density at radius 3 is 2.44 bits per heavy atom. The van der Waals surface area contributed by atoms with Gasteiger partial charge in [0.05, 0.1) is 24.5 Å². The van der Waals surface area contributed by atoms with E-state index in [4.69, 9.17) is 9.47 Å². The maximum Gasteiger partial charge on any atom is 0.227 e. The van der Waals surface area contributed by atoms with E-state index in [1.165, 1.54) is 18.3 Å². The number of amides is 1. The zero-order chi connectivity index (χ0) is 19.2. The van der Waals surface area contributed by atoms with Gasteiger partial charge in [0.15, 0.2) is 12.4 Å². The van der Waals surface area contributed by atoms with Crippen LogP contribution in [0.4, 0.5) is 0 Å². The molecule has 0 aliphatic carbocycles. The van der Waals surface area contributed by atoms with Gasteiger partial charge in [0.1, 0.15) is 5.75 Å². The molecule has 2 heterocycles. The summed E-state index contributed by atoms with van der Waals surface area (Å²) in [7, 11) is 0. The fraction of sp³-hybridized carbons (Fsp3) is 0.350. The molecule has 6 nitrogen and oxygen atoms in total. The maximum absolute atomic E-state index is 12.3. The summed E-state index contributed by atoms with van der Waals surface area (Å²) in [4.78, 5) is 39.1. The van der Waals surface area contributed by atoms with Crippen LogP contribution in [0.2, 0.25) is 0 Å². The van der Waals surface area contributed by atoms with Crippen molar-refractivity contribution in [1.29, 1.82) is 0 Å². The van der Waals surface area contributed by atoms with Gasteiger partial charge in [0.2, 0.25) is 11.7 Å². The zero-order valence-electron chi connectivity index (χ0n) is 15.1. The average Bonchev–Trinajstić information content (AvgIpc) is 3.15. The smallest absolute Gasteiger partial charge is 0.227 e. The van der Waals surface area contributed by atoms with Crippen molar-refractivity contribution in [3.05, 3.63) is 51.7 Å². The van der Waals surface area contributed by atoms with Gasteiger partial charge < -0.3 is 14.4 Å². The number of hydrogen-bond acceptors (Lipinski definition) is 6. The van der Waals surface area contributed by atoms with Crippen molar-refractivity contribution in [3.8, 4) is 5.75 Å². The van der Waals surface area contributed by atoms with Crippen LogP contribution in [0.3, 0.4) is 0 Å². The summed E-state index contributed by atoms with van der Waals surface area (Å²) in [6, 6.07) is 10.2. The number of morpholine rings is 1. The molecule has 27 heavy (non-hydrogen) atoms. The van der Waals surface area contributed by atoms with Gasteiger partial charge in [-0.3, -0.25) is 14.4 Å². The summed E-state index contributed by atoms with van der Waals surface area (Å²) in [6.07, 6.45) is 0.297. The SMILES string of the molecule is CC(=O)c1ccc(OCC(=O)c2ccc(CC(=O)N3CCOCC3)s2)cc1. The fourth-order valence-electron chi connectivity index (χ4n) is 2.70. The third-order valence-electron chi connectivity index (χ3n) is 4.26. The molecule has 1 amide bonds. The highest BCUT2D eigenvalue weighted by Gasteiger charge is 2.18. The Labute approximate surface area is 161 Å². The Kier molecular flexibility index (Phi) is 6.36. The minimum Gasteiger partial charge on any atom is -0.485 e. The summed E-state index contributed by atoms with van der Waals surface area (Å²) in [5.41, 5.74) is 0.599. The standard InChI is InChI=1S/C20H21NO5S/c1-14(22)15-2-4-16(5-3-15)26-13-18(23)19-7-6-17(27-19)12-20(24)21-8-10-25-11-9-21/h2-7H,8-13H2,1H3. The summed E-state index contributed by atoms with van der Waals surface area (Å²) in [5.74, 6) is 0.435. The Morgan fingerprint density at radius 2 is 1.78 bits per heavy atom. The first-order chi connectivity index (χ1) is 13.0. The van der Waals surface area contributed by atoms with E-state index >= 15 is 0 Å². The number of benzene rings is 1. The van der Waals surface area contributed by atoms with Crippen LogP contribution in [0, 0.1) is 0 Å². The number of carbonyl (C=O) groups is 3. The lowest BCUT2D eigenvalue weighted by Gasteiger charge is -2.26. The second-order valence-electron chi connectivity index (χ2n) is 6.23. The van der Waals surface area contributed by atoms with Crippen LogP contribution >= 0.6 is 11.3 Å². The number of hydrogen-bond donors (Lipinski definition) is 0. The zero-order valence-corrected chi connectivity index (χ0v) is 15.9. The predicted octanol–water partition coefficient (Wildman–Crippen LogP) is 2.61. The van der Waals surface area contributed by atoms with E-state index in [-0.39, 0.29) is 24.1 Å². The quantitative estimate of drug-likeness (QED) is 0.683. The lowest BCUT2D eigenvalue weighted by Crippen LogP contribution is -2.41. The summed E-state index contributed by atoms with van der Waals surface area (Å²) >= 11 is 1.32. The van der Waals surface area contributed by atoms with Crippen molar-refractivity contribution in [2.75, 3.05) is 32.9 Å². The van der Waals surface area contributed by atoms with Crippen LogP contribution in [0.1, 0.15) is 31.8 Å². The molecule has 1 aliphatic rings. The highest BCUT2D eigenvalue weighted by Crippen LogP contribution is 2.20. The number of rotatable bonds is 7. The molecular weight excluding hydrogens is 366 g/mol. The molecule has 0 N–H and O–H groups in total. The van der Waals surface area contributed by atoms with E-state index in [2.05, 4.69) is 0 Å². The minimum absolute atomic E-state index is 0.0182. The van der Waals surface area contributed by atoms with Gasteiger partial charge >= 0.3 is 0 Å². The molecule has 1 aromatic heterocycles. The van der Waals surface area contributed by atoms with E-state index in [0.717, 1.165) is 4.88 Å². The lowest BCUT2D eigenvalue weighted by atomic mass is 10.1. The van der Waals surface area contributed by atoms with Crippen LogP contribution in [-0.4, -0.2) is 55.3 Å². The number of thiophene rings is 1. The second kappa shape index (κ2) is 8.92. The molecule has 2 aromatic rings. The van der Waals surface area contributed by atoms with Gasteiger partial charge in [-0.25, -0.2) is 0 Å². The first-order valence-corrected chi connectivity index (χ1v) is 9.56. The monoisotopic (exact) mass is 387 g/mol. The van der Waals surface area contributed by atoms with Gasteiger partial charge in [0.25, 0.3) is 0 Å². The van der Waals surface area contributed by atoms with E-state index in [1.54, 1.807) is 35.2 Å². The van der Waals surface area contributed by atoms with Gasteiger partial charge in [-0.1, -0.05) is 0 Å². The van der Waals surface area contributed by atoms with Crippen LogP contribution in [0.15, 0.2) is 36.4 Å². The average molecular weight is 387 g/mol. The first kappa shape index (κ1) is 19.3. The number of carbonyl (C=O) groups excluding carboxylic acids is 3. The maximum atomic E-state index is 12.3. The third-order valence-corrected chi connectivity index (χ3v) is 5.38. The minimum atomic E-state index is -0.138. The molecule has 0 spiro atoms. The van der Waals surface area contributed by atoms with Gasteiger partial charge in [0, 0.05) is 23.5 Å². The molecule has 1 saturated heterocycles. The number of nitrogens with zero attached hydrogens (tertiary/aromatic N) is 1. The van der Waals surface area contributed by atoms with E-state index in [1.807, 2.05) is 6.07 Å². The largest absolute Gasteiger partial charge is 0.485 e. The van der Waals surface area contributed by atoms with Crippen molar-refractivity contribution in [1.82, 2.24) is 4.90 Å². The van der Waals surface area contributed by atoms with Crippen molar-refractivity contribution in [3.63, 3.8) is 0 Å². The Hall–Kier alpha value is -2.51. The number of ketones is 2. The van der Waals surface area contributed by atoms with E-state index < -0.39 is 0 Å². The van der Waals surface area contributed by atoms with Crippen LogP contribution < -0.4 is 4.74 Å².